The van der Waals surface area contributed by atoms with Gasteiger partial charge in [0.05, 0.1) is 24.9 Å². The topological polar surface area (TPSA) is 144 Å². The number of aliphatic hydroxyl groups excluding tert-OH is 1. The number of methoxy groups -OCH3 is 1. The second-order valence-electron chi connectivity index (χ2n) is 6.47. The van der Waals surface area contributed by atoms with Gasteiger partial charge in [-0.05, 0) is 25.8 Å². The van der Waals surface area contributed by atoms with Crippen molar-refractivity contribution in [3.8, 4) is 10.9 Å². The summed E-state index contributed by atoms with van der Waals surface area (Å²) in [5.74, 6) is -0.950. The van der Waals surface area contributed by atoms with Crippen molar-refractivity contribution in [1.29, 1.82) is 0 Å². The summed E-state index contributed by atoms with van der Waals surface area (Å²) in [6, 6.07) is 2.96. The van der Waals surface area contributed by atoms with E-state index in [0.717, 1.165) is 23.5 Å². The highest BCUT2D eigenvalue weighted by Crippen LogP contribution is 2.29. The van der Waals surface area contributed by atoms with E-state index in [4.69, 9.17) is 9.15 Å². The van der Waals surface area contributed by atoms with Crippen LogP contribution in [0.15, 0.2) is 27.5 Å². The van der Waals surface area contributed by atoms with E-state index in [1.165, 1.54) is 13.2 Å². The first-order chi connectivity index (χ1) is 14.0. The van der Waals surface area contributed by atoms with Gasteiger partial charge < -0.3 is 19.6 Å². The number of aromatic nitrogens is 4. The highest BCUT2D eigenvalue weighted by molar-refractivity contribution is 7.17. The van der Waals surface area contributed by atoms with E-state index in [1.54, 1.807) is 10.9 Å². The molecule has 0 spiro atoms. The Kier molecular flexibility index (Phi) is 5.03. The molecule has 4 rings (SSSR count). The molecule has 1 fully saturated rings. The summed E-state index contributed by atoms with van der Waals surface area (Å²) < 4.78 is 11.7. The lowest BCUT2D eigenvalue weighted by Crippen LogP contribution is -2.43. The summed E-state index contributed by atoms with van der Waals surface area (Å²) >= 11 is 1.12. The molecule has 2 atom stereocenters. The number of aryl methyl sites for hydroxylation is 1. The molecule has 0 saturated heterocycles. The van der Waals surface area contributed by atoms with Crippen LogP contribution in [0.4, 0.5) is 10.8 Å². The van der Waals surface area contributed by atoms with E-state index in [9.17, 15) is 14.7 Å². The predicted molar refractivity (Wildman–Crippen MR) is 104 cm³/mol. The van der Waals surface area contributed by atoms with Crippen molar-refractivity contribution < 1.29 is 19.1 Å². The lowest BCUT2D eigenvalue weighted by atomic mass is 9.89. The van der Waals surface area contributed by atoms with Gasteiger partial charge in [0, 0.05) is 18.0 Å². The van der Waals surface area contributed by atoms with E-state index >= 15 is 0 Å². The monoisotopic (exact) mass is 418 g/mol. The minimum Gasteiger partial charge on any atom is -0.488 e. The highest BCUT2D eigenvalue weighted by Gasteiger charge is 2.30. The third-order valence-corrected chi connectivity index (χ3v) is 5.38. The maximum Gasteiger partial charge on any atom is 0.381 e. The average Bonchev–Trinajstić information content (AvgIpc) is 3.33. The predicted octanol–water partition coefficient (Wildman–Crippen LogP) is 1.18. The summed E-state index contributed by atoms with van der Waals surface area (Å²) in [6.07, 6.45) is 2.53. The second kappa shape index (κ2) is 7.64. The van der Waals surface area contributed by atoms with E-state index in [0.29, 0.717) is 11.6 Å². The molecule has 0 aliphatic heterocycles. The van der Waals surface area contributed by atoms with Crippen molar-refractivity contribution in [3.63, 3.8) is 0 Å². The fourth-order valence-corrected chi connectivity index (χ4v) is 3.58. The molecule has 29 heavy (non-hydrogen) atoms. The van der Waals surface area contributed by atoms with Gasteiger partial charge in [0.15, 0.2) is 5.76 Å². The minimum absolute atomic E-state index is 0.0620. The van der Waals surface area contributed by atoms with E-state index in [2.05, 4.69) is 25.9 Å². The Labute approximate surface area is 168 Å². The number of amides is 1. The van der Waals surface area contributed by atoms with Gasteiger partial charge in [-0.2, -0.15) is 5.10 Å². The maximum absolute atomic E-state index is 12.6. The Morgan fingerprint density at radius 1 is 1.41 bits per heavy atom. The zero-order valence-corrected chi connectivity index (χ0v) is 16.4. The van der Waals surface area contributed by atoms with Crippen LogP contribution in [0.3, 0.4) is 0 Å². The molecule has 11 nitrogen and oxygen atoms in total. The quantitative estimate of drug-likeness (QED) is 0.537. The number of carbonyl (C=O) groups is 1. The summed E-state index contributed by atoms with van der Waals surface area (Å²) in [4.78, 5) is 24.8. The molecule has 0 unspecified atom stereocenters. The molecule has 12 heteroatoms. The molecular formula is C17H18N6O5S. The van der Waals surface area contributed by atoms with Crippen molar-refractivity contribution in [2.24, 2.45) is 0 Å². The fraction of sp³-hybridized carbons (Fsp3) is 0.353. The van der Waals surface area contributed by atoms with Gasteiger partial charge in [-0.1, -0.05) is 11.3 Å². The van der Waals surface area contributed by atoms with E-state index < -0.39 is 17.6 Å². The molecular weight excluding hydrogens is 400 g/mol. The third kappa shape index (κ3) is 3.71. The number of nitrogens with one attached hydrogen (secondary N) is 2. The van der Waals surface area contributed by atoms with Crippen LogP contribution in [0.5, 0.6) is 5.75 Å². The lowest BCUT2D eigenvalue weighted by Gasteiger charge is -2.34. The Hall–Kier alpha value is -3.25. The molecule has 1 amide bonds. The molecule has 1 saturated carbocycles. The van der Waals surface area contributed by atoms with E-state index in [1.807, 2.05) is 13.0 Å². The molecule has 1 aliphatic rings. The SMILES string of the molecule is COc1c(N[C@@H]2CC[C@H]2O)cc(C(=O)Nc2nnc(-n3nccc3C)s2)oc1=O. The first kappa shape index (κ1) is 19.1. The number of ether oxygens (including phenoxy) is 1. The largest absolute Gasteiger partial charge is 0.488 e. The Balaban J connectivity index is 1.55. The van der Waals surface area contributed by atoms with Crippen LogP contribution in [-0.4, -0.2) is 50.2 Å². The number of rotatable bonds is 6. The zero-order valence-electron chi connectivity index (χ0n) is 15.6. The van der Waals surface area contributed by atoms with Gasteiger partial charge in [0.2, 0.25) is 16.0 Å². The zero-order chi connectivity index (χ0) is 20.5. The number of anilines is 2. The number of carbonyl (C=O) groups excluding carboxylic acids is 1. The molecule has 0 aromatic carbocycles. The molecule has 3 heterocycles. The molecule has 3 aromatic heterocycles. The molecule has 0 radical (unpaired) electrons. The number of aliphatic hydroxyl groups is 1. The van der Waals surface area contributed by atoms with Crippen LogP contribution in [0.25, 0.3) is 5.13 Å². The molecule has 3 N–H and O–H groups in total. The maximum atomic E-state index is 12.6. The average molecular weight is 418 g/mol. The fourth-order valence-electron chi connectivity index (χ4n) is 2.83. The van der Waals surface area contributed by atoms with Gasteiger partial charge in [-0.3, -0.25) is 10.1 Å². The summed E-state index contributed by atoms with van der Waals surface area (Å²) in [6.45, 7) is 1.87. The van der Waals surface area contributed by atoms with Gasteiger partial charge in [-0.15, -0.1) is 10.2 Å². The van der Waals surface area contributed by atoms with Crippen molar-refractivity contribution in [3.05, 3.63) is 40.2 Å². The number of hydrogen-bond acceptors (Lipinski definition) is 10. The third-order valence-electron chi connectivity index (χ3n) is 4.56. The first-order valence-electron chi connectivity index (χ1n) is 8.79. The molecule has 0 bridgehead atoms. The van der Waals surface area contributed by atoms with Crippen molar-refractivity contribution in [2.75, 3.05) is 17.7 Å². The minimum atomic E-state index is -0.804. The summed E-state index contributed by atoms with van der Waals surface area (Å²) in [5.41, 5.74) is 0.346. The standard InChI is InChI=1S/C17H18N6O5S/c1-8-5-6-18-23(8)17-22-21-16(29-17)20-14(25)12-7-10(13(27-2)15(26)28-12)19-9-3-4-11(9)24/h5-7,9,11,19,24H,3-4H2,1-2H3,(H,20,21,25)/t9-,11-/m1/s1. The molecule has 1 aliphatic carbocycles. The normalized spacial score (nSPS) is 18.2. The van der Waals surface area contributed by atoms with Gasteiger partial charge >= 0.3 is 5.63 Å². The second-order valence-corrected chi connectivity index (χ2v) is 7.42. The van der Waals surface area contributed by atoms with Crippen LogP contribution in [0.2, 0.25) is 0 Å². The van der Waals surface area contributed by atoms with Crippen LogP contribution in [0.1, 0.15) is 29.1 Å². The van der Waals surface area contributed by atoms with Gasteiger partial charge in [0.25, 0.3) is 5.91 Å². The van der Waals surface area contributed by atoms with E-state index in [-0.39, 0.29) is 28.4 Å². The number of hydrogen-bond donors (Lipinski definition) is 3. The van der Waals surface area contributed by atoms with Gasteiger partial charge in [-0.25, -0.2) is 9.48 Å². The van der Waals surface area contributed by atoms with Gasteiger partial charge in [0.1, 0.15) is 0 Å². The van der Waals surface area contributed by atoms with Crippen molar-refractivity contribution in [2.45, 2.75) is 31.9 Å². The van der Waals surface area contributed by atoms with Crippen molar-refractivity contribution in [1.82, 2.24) is 20.0 Å². The van der Waals surface area contributed by atoms with Crippen LogP contribution >= 0.6 is 11.3 Å². The lowest BCUT2D eigenvalue weighted by molar-refractivity contribution is 0.0784. The summed E-state index contributed by atoms with van der Waals surface area (Å²) in [5, 5.41) is 28.1. The Morgan fingerprint density at radius 2 is 2.24 bits per heavy atom. The highest BCUT2D eigenvalue weighted by atomic mass is 32.1. The van der Waals surface area contributed by atoms with Crippen LogP contribution < -0.4 is 21.0 Å². The van der Waals surface area contributed by atoms with Crippen LogP contribution in [-0.2, 0) is 0 Å². The van der Waals surface area contributed by atoms with Crippen molar-refractivity contribution >= 4 is 28.1 Å². The summed E-state index contributed by atoms with van der Waals surface area (Å²) in [7, 11) is 1.33. The molecule has 3 aromatic rings. The van der Waals surface area contributed by atoms with Crippen LogP contribution in [0, 0.1) is 6.92 Å². The smallest absolute Gasteiger partial charge is 0.381 e. The molecule has 152 valence electrons. The Bertz CT molecular complexity index is 1110. The number of nitrogens with zero attached hydrogens (tertiary/aromatic N) is 4. The first-order valence-corrected chi connectivity index (χ1v) is 9.60. The Morgan fingerprint density at radius 3 is 2.86 bits per heavy atom.